The first-order chi connectivity index (χ1) is 11.0. The number of rotatable bonds is 7. The summed E-state index contributed by atoms with van der Waals surface area (Å²) < 4.78 is 18.8. The van der Waals surface area contributed by atoms with E-state index in [-0.39, 0.29) is 11.7 Å². The van der Waals surface area contributed by atoms with Gasteiger partial charge in [-0.05, 0) is 49.2 Å². The fourth-order valence-electron chi connectivity index (χ4n) is 2.00. The average molecular weight is 333 g/mol. The fourth-order valence-corrected chi connectivity index (χ4v) is 2.60. The molecule has 1 amide bonds. The van der Waals surface area contributed by atoms with Crippen LogP contribution in [0.3, 0.4) is 0 Å². The van der Waals surface area contributed by atoms with Crippen molar-refractivity contribution in [3.63, 3.8) is 0 Å². The van der Waals surface area contributed by atoms with Crippen LogP contribution in [0.15, 0.2) is 42.5 Å². The first-order valence-electron chi connectivity index (χ1n) is 7.38. The highest BCUT2D eigenvalue weighted by molar-refractivity contribution is 7.99. The molecule has 0 aliphatic carbocycles. The van der Waals surface area contributed by atoms with Gasteiger partial charge in [-0.15, -0.1) is 11.8 Å². The van der Waals surface area contributed by atoms with E-state index in [0.29, 0.717) is 23.8 Å². The summed E-state index contributed by atoms with van der Waals surface area (Å²) in [6.45, 7) is 4.58. The third-order valence-electron chi connectivity index (χ3n) is 3.17. The Balaban J connectivity index is 1.67. The van der Waals surface area contributed by atoms with Gasteiger partial charge in [-0.1, -0.05) is 18.2 Å². The van der Waals surface area contributed by atoms with Crippen molar-refractivity contribution in [3.05, 3.63) is 59.4 Å². The van der Waals surface area contributed by atoms with Crippen LogP contribution in [-0.2, 0) is 4.79 Å². The van der Waals surface area contributed by atoms with Gasteiger partial charge in [-0.3, -0.25) is 4.79 Å². The summed E-state index contributed by atoms with van der Waals surface area (Å²) in [5.41, 5.74) is 2.74. The van der Waals surface area contributed by atoms with Gasteiger partial charge in [0, 0.05) is 11.4 Å². The maximum absolute atomic E-state index is 13.0. The molecule has 3 nitrogen and oxygen atoms in total. The lowest BCUT2D eigenvalue weighted by atomic mass is 10.1. The van der Waals surface area contributed by atoms with E-state index in [2.05, 4.69) is 5.32 Å². The lowest BCUT2D eigenvalue weighted by molar-refractivity contribution is -0.113. The summed E-state index contributed by atoms with van der Waals surface area (Å²) >= 11 is 1.48. The molecule has 0 spiro atoms. The monoisotopic (exact) mass is 333 g/mol. The van der Waals surface area contributed by atoms with Crippen molar-refractivity contribution in [3.8, 4) is 5.75 Å². The van der Waals surface area contributed by atoms with Gasteiger partial charge in [0.15, 0.2) is 0 Å². The molecule has 0 saturated heterocycles. The minimum atomic E-state index is -0.364. The normalized spacial score (nSPS) is 10.4. The Hall–Kier alpha value is -2.01. The van der Waals surface area contributed by atoms with Crippen LogP contribution in [0.1, 0.15) is 11.1 Å². The molecule has 0 fully saturated rings. The minimum Gasteiger partial charge on any atom is -0.492 e. The number of thioether (sulfide) groups is 1. The number of hydrogen-bond donors (Lipinski definition) is 1. The number of hydrogen-bond acceptors (Lipinski definition) is 3. The number of benzene rings is 2. The molecule has 122 valence electrons. The Morgan fingerprint density at radius 3 is 2.83 bits per heavy atom. The van der Waals surface area contributed by atoms with Crippen molar-refractivity contribution >= 4 is 23.4 Å². The number of carbonyl (C=O) groups is 1. The summed E-state index contributed by atoms with van der Waals surface area (Å²) in [6.07, 6.45) is 0. The maximum atomic E-state index is 13.0. The third-order valence-corrected chi connectivity index (χ3v) is 4.09. The van der Waals surface area contributed by atoms with Crippen molar-refractivity contribution in [1.29, 1.82) is 0 Å². The number of anilines is 1. The number of halogens is 1. The zero-order valence-electron chi connectivity index (χ0n) is 13.3. The van der Waals surface area contributed by atoms with Gasteiger partial charge < -0.3 is 10.1 Å². The van der Waals surface area contributed by atoms with E-state index >= 15 is 0 Å². The summed E-state index contributed by atoms with van der Waals surface area (Å²) in [6, 6.07) is 12.0. The van der Waals surface area contributed by atoms with Crippen LogP contribution in [0.2, 0.25) is 0 Å². The van der Waals surface area contributed by atoms with Gasteiger partial charge in [0.25, 0.3) is 0 Å². The lowest BCUT2D eigenvalue weighted by Crippen LogP contribution is -2.15. The summed E-state index contributed by atoms with van der Waals surface area (Å²) in [5, 5.41) is 2.67. The van der Waals surface area contributed by atoms with E-state index in [1.807, 2.05) is 32.0 Å². The second-order valence-corrected chi connectivity index (χ2v) is 6.33. The molecule has 0 aliphatic rings. The highest BCUT2D eigenvalue weighted by Crippen LogP contribution is 2.19. The third kappa shape index (κ3) is 5.94. The quantitative estimate of drug-likeness (QED) is 0.772. The smallest absolute Gasteiger partial charge is 0.234 e. The van der Waals surface area contributed by atoms with E-state index in [1.165, 1.54) is 23.9 Å². The molecule has 2 rings (SSSR count). The minimum absolute atomic E-state index is 0.146. The summed E-state index contributed by atoms with van der Waals surface area (Å²) in [4.78, 5) is 11.8. The number of ether oxygens (including phenoxy) is 1. The highest BCUT2D eigenvalue weighted by atomic mass is 32.2. The van der Waals surface area contributed by atoms with Crippen LogP contribution in [0, 0.1) is 19.7 Å². The van der Waals surface area contributed by atoms with Crippen LogP contribution in [0.4, 0.5) is 10.1 Å². The first-order valence-corrected chi connectivity index (χ1v) is 8.53. The maximum Gasteiger partial charge on any atom is 0.234 e. The van der Waals surface area contributed by atoms with Crippen molar-refractivity contribution < 1.29 is 13.9 Å². The zero-order chi connectivity index (χ0) is 16.7. The summed E-state index contributed by atoms with van der Waals surface area (Å²) in [5.74, 6) is 1.40. The molecule has 1 N–H and O–H groups in total. The van der Waals surface area contributed by atoms with Crippen molar-refractivity contribution in [2.24, 2.45) is 0 Å². The topological polar surface area (TPSA) is 38.3 Å². The van der Waals surface area contributed by atoms with Crippen LogP contribution in [-0.4, -0.2) is 24.0 Å². The molecule has 2 aromatic rings. The van der Waals surface area contributed by atoms with Crippen molar-refractivity contribution in [2.75, 3.05) is 23.4 Å². The second-order valence-electron chi connectivity index (χ2n) is 5.23. The van der Waals surface area contributed by atoms with Gasteiger partial charge in [0.05, 0.1) is 12.4 Å². The van der Waals surface area contributed by atoms with E-state index in [1.54, 1.807) is 12.1 Å². The molecule has 0 bridgehead atoms. The lowest BCUT2D eigenvalue weighted by Gasteiger charge is -2.10. The Morgan fingerprint density at radius 2 is 2.04 bits per heavy atom. The van der Waals surface area contributed by atoms with E-state index in [4.69, 9.17) is 4.74 Å². The molecule has 0 aliphatic heterocycles. The van der Waals surface area contributed by atoms with Crippen LogP contribution in [0.25, 0.3) is 0 Å². The van der Waals surface area contributed by atoms with Crippen LogP contribution < -0.4 is 10.1 Å². The Kier molecular flexibility index (Phi) is 6.47. The van der Waals surface area contributed by atoms with Gasteiger partial charge in [-0.2, -0.15) is 0 Å². The fraction of sp³-hybridized carbons (Fsp3) is 0.278. The van der Waals surface area contributed by atoms with Crippen LogP contribution in [0.5, 0.6) is 5.75 Å². The van der Waals surface area contributed by atoms with E-state index in [0.717, 1.165) is 16.9 Å². The predicted molar refractivity (Wildman–Crippen MR) is 93.8 cm³/mol. The van der Waals surface area contributed by atoms with Gasteiger partial charge in [-0.25, -0.2) is 4.39 Å². The summed E-state index contributed by atoms with van der Waals surface area (Å²) in [7, 11) is 0. The molecule has 0 atom stereocenters. The molecule has 0 heterocycles. The average Bonchev–Trinajstić information content (AvgIpc) is 2.50. The van der Waals surface area contributed by atoms with Gasteiger partial charge in [0.2, 0.25) is 5.91 Å². The van der Waals surface area contributed by atoms with Gasteiger partial charge in [0.1, 0.15) is 11.6 Å². The van der Waals surface area contributed by atoms with E-state index < -0.39 is 0 Å². The number of aryl methyl sites for hydroxylation is 2. The molecular weight excluding hydrogens is 313 g/mol. The Morgan fingerprint density at radius 1 is 1.22 bits per heavy atom. The molecule has 2 aromatic carbocycles. The zero-order valence-corrected chi connectivity index (χ0v) is 14.1. The second kappa shape index (κ2) is 8.58. The standard InChI is InChI=1S/C18H20FNO2S/c1-13-6-7-14(2)17(10-13)22-8-9-23-12-18(21)20-16-5-3-4-15(19)11-16/h3-7,10-11H,8-9,12H2,1-2H3,(H,20,21). The molecule has 0 aromatic heterocycles. The number of nitrogens with one attached hydrogen (secondary N) is 1. The molecule has 23 heavy (non-hydrogen) atoms. The Bertz CT molecular complexity index is 676. The first kappa shape index (κ1) is 17.3. The van der Waals surface area contributed by atoms with Crippen molar-refractivity contribution in [2.45, 2.75) is 13.8 Å². The molecule has 5 heteroatoms. The number of carbonyl (C=O) groups excluding carboxylic acids is 1. The molecule has 0 saturated carbocycles. The van der Waals surface area contributed by atoms with Gasteiger partial charge >= 0.3 is 0 Å². The number of amides is 1. The van der Waals surface area contributed by atoms with E-state index in [9.17, 15) is 9.18 Å². The van der Waals surface area contributed by atoms with Crippen molar-refractivity contribution in [1.82, 2.24) is 0 Å². The molecular formula is C18H20FNO2S. The Labute approximate surface area is 140 Å². The SMILES string of the molecule is Cc1ccc(C)c(OCCSCC(=O)Nc2cccc(F)c2)c1. The molecule has 0 radical (unpaired) electrons. The predicted octanol–water partition coefficient (Wildman–Crippen LogP) is 4.19. The molecule has 0 unspecified atom stereocenters. The largest absolute Gasteiger partial charge is 0.492 e. The van der Waals surface area contributed by atoms with Crippen LogP contribution >= 0.6 is 11.8 Å². The highest BCUT2D eigenvalue weighted by Gasteiger charge is 2.04.